The number of carbonyl (C=O) groups excluding carboxylic acids is 2. The molecule has 4 rings (SSSR count). The first-order chi connectivity index (χ1) is 12.0. The van der Waals surface area contributed by atoms with Gasteiger partial charge in [-0.15, -0.1) is 0 Å². The minimum Gasteiger partial charge on any atom is -0.312 e. The Bertz CT molecular complexity index is 868. The first-order valence-electron chi connectivity index (χ1n) is 8.19. The number of fused-ring (bicyclic) bond motifs is 1. The monoisotopic (exact) mass is 374 g/mol. The zero-order valence-electron chi connectivity index (χ0n) is 13.4. The number of carbonyl (C=O) groups is 2. The van der Waals surface area contributed by atoms with Gasteiger partial charge in [0.05, 0.1) is 16.0 Å². The summed E-state index contributed by atoms with van der Waals surface area (Å²) in [6.45, 7) is 1.05. The number of halogens is 2. The smallest absolute Gasteiger partial charge is 0.232 e. The van der Waals surface area contributed by atoms with Crippen molar-refractivity contribution in [2.45, 2.75) is 12.8 Å². The molecule has 2 amide bonds. The van der Waals surface area contributed by atoms with Gasteiger partial charge < -0.3 is 9.80 Å². The largest absolute Gasteiger partial charge is 0.312 e. The molecule has 1 saturated heterocycles. The molecule has 0 bridgehead atoms. The van der Waals surface area contributed by atoms with Crippen LogP contribution in [0.5, 0.6) is 0 Å². The van der Waals surface area contributed by atoms with E-state index in [9.17, 15) is 9.59 Å². The molecule has 0 aliphatic carbocycles. The topological polar surface area (TPSA) is 40.6 Å². The molecule has 4 nitrogen and oxygen atoms in total. The highest BCUT2D eigenvalue weighted by Crippen LogP contribution is 2.34. The van der Waals surface area contributed by atoms with Crippen LogP contribution in [-0.2, 0) is 16.0 Å². The van der Waals surface area contributed by atoms with Gasteiger partial charge in [0.1, 0.15) is 0 Å². The maximum atomic E-state index is 13.0. The molecule has 1 fully saturated rings. The second-order valence-corrected chi connectivity index (χ2v) is 7.19. The number of hydrogen-bond donors (Lipinski definition) is 0. The van der Waals surface area contributed by atoms with Crippen molar-refractivity contribution in [1.82, 2.24) is 0 Å². The number of benzene rings is 2. The molecule has 25 heavy (non-hydrogen) atoms. The lowest BCUT2D eigenvalue weighted by Gasteiger charge is -2.22. The normalized spacial score (nSPS) is 19.4. The molecule has 0 N–H and O–H groups in total. The predicted molar refractivity (Wildman–Crippen MR) is 99.4 cm³/mol. The van der Waals surface area contributed by atoms with Crippen LogP contribution in [0.1, 0.15) is 12.0 Å². The van der Waals surface area contributed by atoms with Crippen LogP contribution in [0.4, 0.5) is 11.4 Å². The molecule has 2 aromatic carbocycles. The predicted octanol–water partition coefficient (Wildman–Crippen LogP) is 3.94. The highest BCUT2D eigenvalue weighted by Gasteiger charge is 2.39. The number of rotatable bonds is 2. The molecule has 0 spiro atoms. The van der Waals surface area contributed by atoms with E-state index >= 15 is 0 Å². The van der Waals surface area contributed by atoms with Crippen molar-refractivity contribution in [3.05, 3.63) is 58.1 Å². The standard InChI is InChI=1S/C19H16Cl2N2O2/c20-15-6-5-14(10-16(15)21)23-11-13(9-18(23)24)19(25)22-8-7-12-3-1-2-4-17(12)22/h1-6,10,13H,7-9,11H2. The Kier molecular flexibility index (Phi) is 4.18. The van der Waals surface area contributed by atoms with E-state index in [0.717, 1.165) is 12.1 Å². The van der Waals surface area contributed by atoms with Crippen LogP contribution in [0.25, 0.3) is 0 Å². The maximum Gasteiger partial charge on any atom is 0.232 e. The van der Waals surface area contributed by atoms with Crippen molar-refractivity contribution in [2.24, 2.45) is 5.92 Å². The third-order valence-corrected chi connectivity index (χ3v) is 5.58. The molecule has 2 aliphatic heterocycles. The van der Waals surface area contributed by atoms with Gasteiger partial charge in [-0.05, 0) is 36.2 Å². The fourth-order valence-electron chi connectivity index (χ4n) is 3.56. The molecule has 6 heteroatoms. The van der Waals surface area contributed by atoms with E-state index in [2.05, 4.69) is 0 Å². The Morgan fingerprint density at radius 1 is 1.08 bits per heavy atom. The molecule has 0 radical (unpaired) electrons. The highest BCUT2D eigenvalue weighted by molar-refractivity contribution is 6.42. The molecule has 1 unspecified atom stereocenters. The van der Waals surface area contributed by atoms with Crippen LogP contribution in [0, 0.1) is 5.92 Å². The zero-order valence-corrected chi connectivity index (χ0v) is 14.9. The van der Waals surface area contributed by atoms with Crippen LogP contribution >= 0.6 is 23.2 Å². The minimum absolute atomic E-state index is 0.0147. The summed E-state index contributed by atoms with van der Waals surface area (Å²) in [4.78, 5) is 28.8. The summed E-state index contributed by atoms with van der Waals surface area (Å²) in [5, 5.41) is 0.841. The average Bonchev–Trinajstić information content (AvgIpc) is 3.20. The van der Waals surface area contributed by atoms with E-state index in [1.54, 1.807) is 23.1 Å². The SMILES string of the molecule is O=C1CC(C(=O)N2CCc3ccccc32)CN1c1ccc(Cl)c(Cl)c1. The molecular formula is C19H16Cl2N2O2. The van der Waals surface area contributed by atoms with Gasteiger partial charge in [-0.25, -0.2) is 0 Å². The summed E-state index contributed by atoms with van der Waals surface area (Å²) in [5.74, 6) is -0.391. The van der Waals surface area contributed by atoms with Crippen molar-refractivity contribution in [3.63, 3.8) is 0 Å². The number of hydrogen-bond acceptors (Lipinski definition) is 2. The number of anilines is 2. The summed E-state index contributed by atoms with van der Waals surface area (Å²) >= 11 is 12.0. The zero-order chi connectivity index (χ0) is 17.6. The lowest BCUT2D eigenvalue weighted by Crippen LogP contribution is -2.36. The van der Waals surface area contributed by atoms with Crippen molar-refractivity contribution in [1.29, 1.82) is 0 Å². The van der Waals surface area contributed by atoms with E-state index in [0.29, 0.717) is 28.8 Å². The molecule has 2 heterocycles. The van der Waals surface area contributed by atoms with Crippen molar-refractivity contribution in [3.8, 4) is 0 Å². The Labute approximate surface area is 155 Å². The van der Waals surface area contributed by atoms with Crippen molar-refractivity contribution >= 4 is 46.4 Å². The Morgan fingerprint density at radius 3 is 2.68 bits per heavy atom. The van der Waals surface area contributed by atoms with Crippen LogP contribution in [-0.4, -0.2) is 24.9 Å². The summed E-state index contributed by atoms with van der Waals surface area (Å²) in [5.41, 5.74) is 2.82. The Balaban J connectivity index is 1.54. The number of para-hydroxylation sites is 1. The van der Waals surface area contributed by atoms with E-state index < -0.39 is 0 Å². The van der Waals surface area contributed by atoms with Gasteiger partial charge in [0.25, 0.3) is 0 Å². The summed E-state index contributed by atoms with van der Waals surface area (Å²) in [6, 6.07) is 13.0. The maximum absolute atomic E-state index is 13.0. The van der Waals surface area contributed by atoms with Gasteiger partial charge in [-0.1, -0.05) is 41.4 Å². The van der Waals surface area contributed by atoms with Crippen molar-refractivity contribution in [2.75, 3.05) is 22.9 Å². The number of amides is 2. The second-order valence-electron chi connectivity index (χ2n) is 6.37. The van der Waals surface area contributed by atoms with Crippen LogP contribution < -0.4 is 9.80 Å². The second kappa shape index (κ2) is 6.36. The van der Waals surface area contributed by atoms with E-state index in [4.69, 9.17) is 23.2 Å². The quantitative estimate of drug-likeness (QED) is 0.798. The van der Waals surface area contributed by atoms with Gasteiger partial charge in [-0.3, -0.25) is 9.59 Å². The highest BCUT2D eigenvalue weighted by atomic mass is 35.5. The third-order valence-electron chi connectivity index (χ3n) is 4.84. The van der Waals surface area contributed by atoms with Crippen LogP contribution in [0.2, 0.25) is 10.0 Å². The summed E-state index contributed by atoms with van der Waals surface area (Å²) < 4.78 is 0. The molecular weight excluding hydrogens is 359 g/mol. The van der Waals surface area contributed by atoms with E-state index in [-0.39, 0.29) is 24.2 Å². The molecule has 2 aromatic rings. The first kappa shape index (κ1) is 16.4. The lowest BCUT2D eigenvalue weighted by molar-refractivity contribution is -0.124. The average molecular weight is 375 g/mol. The fourth-order valence-corrected chi connectivity index (χ4v) is 3.86. The van der Waals surface area contributed by atoms with Gasteiger partial charge >= 0.3 is 0 Å². The van der Waals surface area contributed by atoms with E-state index in [1.165, 1.54) is 5.56 Å². The number of nitrogens with zero attached hydrogens (tertiary/aromatic N) is 2. The molecule has 1 atom stereocenters. The molecule has 0 saturated carbocycles. The molecule has 128 valence electrons. The third kappa shape index (κ3) is 2.90. The van der Waals surface area contributed by atoms with Crippen LogP contribution in [0.3, 0.4) is 0 Å². The lowest BCUT2D eigenvalue weighted by atomic mass is 10.1. The van der Waals surface area contributed by atoms with Gasteiger partial charge in [-0.2, -0.15) is 0 Å². The van der Waals surface area contributed by atoms with Gasteiger partial charge in [0.15, 0.2) is 0 Å². The Hall–Kier alpha value is -2.04. The summed E-state index contributed by atoms with van der Waals surface area (Å²) in [6.07, 6.45) is 1.08. The van der Waals surface area contributed by atoms with Gasteiger partial charge in [0, 0.05) is 30.9 Å². The summed E-state index contributed by atoms with van der Waals surface area (Å²) in [7, 11) is 0. The minimum atomic E-state index is -0.340. The first-order valence-corrected chi connectivity index (χ1v) is 8.95. The van der Waals surface area contributed by atoms with Gasteiger partial charge in [0.2, 0.25) is 11.8 Å². The Morgan fingerprint density at radius 2 is 1.88 bits per heavy atom. The fraction of sp³-hybridized carbons (Fsp3) is 0.263. The molecule has 0 aromatic heterocycles. The van der Waals surface area contributed by atoms with E-state index in [1.807, 2.05) is 29.2 Å². The molecule has 2 aliphatic rings. The van der Waals surface area contributed by atoms with Crippen LogP contribution in [0.15, 0.2) is 42.5 Å². The van der Waals surface area contributed by atoms with Crippen molar-refractivity contribution < 1.29 is 9.59 Å².